The second-order valence-corrected chi connectivity index (χ2v) is 36.1. The van der Waals surface area contributed by atoms with Crippen molar-refractivity contribution < 1.29 is 107 Å². The zero-order valence-electron chi connectivity index (χ0n) is 78.4. The number of H-pyrrole nitrogens is 3. The fourth-order valence-corrected chi connectivity index (χ4v) is 18.0. The molecule has 750 valence electrons. The number of carboxylic acids is 2. The molecule has 3 fully saturated rings. The van der Waals surface area contributed by atoms with E-state index in [1.54, 1.807) is 67.8 Å². The molecule has 0 radical (unpaired) electrons. The summed E-state index contributed by atoms with van der Waals surface area (Å²) in [6.07, 6.45) is 2.42. The van der Waals surface area contributed by atoms with Crippen LogP contribution in [0.3, 0.4) is 0 Å². The van der Waals surface area contributed by atoms with Crippen molar-refractivity contribution in [2.24, 2.45) is 17.2 Å². The number of aliphatic hydroxyl groups excluding tert-OH is 1. The van der Waals surface area contributed by atoms with Gasteiger partial charge in [-0.1, -0.05) is 88.1 Å². The van der Waals surface area contributed by atoms with Crippen molar-refractivity contribution in [1.82, 2.24) is 97.6 Å². The number of aromatic amines is 3. The number of unbranched alkanes of at least 4 members (excludes halogenated alkanes) is 3. The van der Waals surface area contributed by atoms with Crippen LogP contribution in [-0.2, 0) is 112 Å². The maximum absolute atomic E-state index is 15.9. The fraction of sp³-hybridized carbons (Fsp3) is 0.538. The molecular formula is C93H130N22O22S. The highest BCUT2D eigenvalue weighted by molar-refractivity contribution is 8.00. The third kappa shape index (κ3) is 30.5. The van der Waals surface area contributed by atoms with E-state index in [1.165, 1.54) is 64.9 Å². The predicted octanol–water partition coefficient (Wildman–Crippen LogP) is -1.51. The first-order valence-electron chi connectivity index (χ1n) is 46.6. The van der Waals surface area contributed by atoms with Crippen molar-refractivity contribution in [2.75, 3.05) is 65.4 Å². The van der Waals surface area contributed by atoms with Crippen LogP contribution in [0.1, 0.15) is 159 Å². The third-order valence-corrected chi connectivity index (χ3v) is 26.0. The van der Waals surface area contributed by atoms with E-state index in [1.807, 2.05) is 6.92 Å². The fourth-order valence-electron chi connectivity index (χ4n) is 17.1. The number of aromatic nitrogens is 4. The number of likely N-dealkylation sites (N-methyl/N-ethyl adjacent to an activating group) is 3. The molecule has 44 nitrogen and oxygen atoms in total. The van der Waals surface area contributed by atoms with E-state index >= 15 is 43.2 Å². The number of carbonyl (C=O) groups excluding carboxylic acids is 16. The molecule has 3 aromatic carbocycles. The smallest absolute Gasteiger partial charge is 0.303 e. The van der Waals surface area contributed by atoms with E-state index in [0.29, 0.717) is 75.9 Å². The van der Waals surface area contributed by atoms with Crippen LogP contribution in [0.5, 0.6) is 5.75 Å². The molecule has 6 aromatic rings. The number of benzene rings is 3. The summed E-state index contributed by atoms with van der Waals surface area (Å²) in [5.74, 6) is -19.2. The van der Waals surface area contributed by atoms with Gasteiger partial charge in [0.05, 0.1) is 30.4 Å². The minimum absolute atomic E-state index is 0.0208. The Hall–Kier alpha value is -13.6. The van der Waals surface area contributed by atoms with Crippen molar-refractivity contribution >= 4 is 140 Å². The number of para-hydroxylation sites is 2. The molecule has 3 aliphatic rings. The number of amides is 16. The van der Waals surface area contributed by atoms with Crippen LogP contribution < -0.4 is 70.4 Å². The van der Waals surface area contributed by atoms with Gasteiger partial charge in [0.25, 0.3) is 0 Å². The Balaban J connectivity index is 1.12. The Morgan fingerprint density at radius 1 is 0.500 bits per heavy atom. The van der Waals surface area contributed by atoms with Gasteiger partial charge >= 0.3 is 11.9 Å². The number of fused-ring (bicyclic) bond motifs is 4. The topological polar surface area (TPSA) is 663 Å². The average molecular weight is 1940 g/mol. The van der Waals surface area contributed by atoms with Gasteiger partial charge in [-0.05, 0) is 132 Å². The Morgan fingerprint density at radius 3 is 1.60 bits per heavy atom. The van der Waals surface area contributed by atoms with Gasteiger partial charge in [-0.2, -0.15) is 0 Å². The number of aliphatic hydroxyl groups is 1. The number of aliphatic carboxylic acids is 2. The number of phenols is 1. The molecule has 3 aliphatic heterocycles. The van der Waals surface area contributed by atoms with Crippen molar-refractivity contribution in [3.8, 4) is 5.75 Å². The summed E-state index contributed by atoms with van der Waals surface area (Å²) in [6.45, 7) is 3.67. The number of rotatable bonds is 30. The first-order chi connectivity index (χ1) is 65.9. The molecule has 0 spiro atoms. The van der Waals surface area contributed by atoms with Crippen molar-refractivity contribution in [3.63, 3.8) is 0 Å². The van der Waals surface area contributed by atoms with Crippen LogP contribution in [0.25, 0.3) is 21.8 Å². The van der Waals surface area contributed by atoms with Crippen LogP contribution in [0.4, 0.5) is 0 Å². The van der Waals surface area contributed by atoms with E-state index in [0.717, 1.165) is 24.5 Å². The number of carboxylic acid groups (broad SMARTS) is 2. The molecule has 3 saturated heterocycles. The SMILES string of the molecule is CCCC[C@H]1C(=O)N(C)[C@@H](CCCC)C(=O)N[C@@H](CCC(=O)O)C(=O)N[C@H](C(=O)NCC(N)=O)CSCC(=O)N[C@@H](Cc2ccc(O)cc2)C(=O)N(C)[C@@H](C)C(=O)N[C@@H](CCC(=O)O)C(=O)N2CCC[C@H]2C(=O)N[C@@H](Cc2c[nH]cn2)C(=O)N[C@@H](CCCN)C(=O)N2C[C@H](O)C[C@H]2C(=O)N[C@@H](Cc2c[nH]c3ccccc23)C(=O)N[C@@H](CCCCN)C(=O)N[C@@H](Cc2c[nH]c3ccccc23)C(=O)N1C. The number of aromatic hydroxyl groups is 1. The summed E-state index contributed by atoms with van der Waals surface area (Å²) in [7, 11) is 3.87. The van der Waals surface area contributed by atoms with Gasteiger partial charge in [-0.3, -0.25) is 86.3 Å². The van der Waals surface area contributed by atoms with Crippen LogP contribution in [0.2, 0.25) is 0 Å². The van der Waals surface area contributed by atoms with Crippen molar-refractivity contribution in [3.05, 3.63) is 120 Å². The van der Waals surface area contributed by atoms with E-state index in [9.17, 15) is 63.6 Å². The van der Waals surface area contributed by atoms with E-state index in [2.05, 4.69) is 73.1 Å². The molecule has 3 aromatic heterocycles. The lowest BCUT2D eigenvalue weighted by Crippen LogP contribution is -2.61. The van der Waals surface area contributed by atoms with E-state index in [4.69, 9.17) is 17.2 Å². The molecule has 45 heteroatoms. The molecule has 0 saturated carbocycles. The summed E-state index contributed by atoms with van der Waals surface area (Å²) >= 11 is 0.710. The highest BCUT2D eigenvalue weighted by Crippen LogP contribution is 2.28. The second-order valence-electron chi connectivity index (χ2n) is 35.1. The molecule has 6 heterocycles. The first kappa shape index (κ1) is 108. The third-order valence-electron chi connectivity index (χ3n) is 25.0. The van der Waals surface area contributed by atoms with Crippen LogP contribution in [0.15, 0.2) is 97.7 Å². The number of hydrogen-bond donors (Lipinski definition) is 20. The van der Waals surface area contributed by atoms with Gasteiger partial charge in [0, 0.05) is 125 Å². The van der Waals surface area contributed by atoms with Gasteiger partial charge in [-0.25, -0.2) is 4.98 Å². The first-order valence-corrected chi connectivity index (χ1v) is 47.7. The number of phenolic OH excluding ortho intramolecular Hbond substituents is 1. The number of nitrogens with one attached hydrogen (secondary N) is 13. The zero-order valence-corrected chi connectivity index (χ0v) is 79.2. The lowest BCUT2D eigenvalue weighted by Gasteiger charge is -2.36. The average Bonchev–Trinajstić information content (AvgIpc) is 1.75. The summed E-state index contributed by atoms with van der Waals surface area (Å²) in [5, 5.41) is 69.7. The molecule has 0 unspecified atom stereocenters. The number of imidazole rings is 1. The van der Waals surface area contributed by atoms with Crippen LogP contribution in [0, 0.1) is 0 Å². The van der Waals surface area contributed by atoms with E-state index in [-0.39, 0.29) is 115 Å². The van der Waals surface area contributed by atoms with Crippen molar-refractivity contribution in [1.29, 1.82) is 0 Å². The van der Waals surface area contributed by atoms with Gasteiger partial charge in [0.2, 0.25) is 94.5 Å². The number of hydrogen-bond acceptors (Lipinski definition) is 24. The number of thioether (sulfide) groups is 1. The normalized spacial score (nSPS) is 24.5. The van der Waals surface area contributed by atoms with Gasteiger partial charge in [0.15, 0.2) is 0 Å². The zero-order chi connectivity index (χ0) is 101. The molecule has 15 atom stereocenters. The summed E-state index contributed by atoms with van der Waals surface area (Å²) < 4.78 is 0. The van der Waals surface area contributed by atoms with Gasteiger partial charge < -0.3 is 130 Å². The summed E-state index contributed by atoms with van der Waals surface area (Å²) in [4.78, 5) is 282. The van der Waals surface area contributed by atoms with Crippen LogP contribution >= 0.6 is 11.8 Å². The van der Waals surface area contributed by atoms with Crippen LogP contribution in [-0.4, -0.2) is 327 Å². The summed E-state index contributed by atoms with van der Waals surface area (Å²) in [6, 6.07) is -2.13. The molecular weight excluding hydrogens is 1810 g/mol. The Bertz CT molecular complexity index is 5270. The Kier molecular flexibility index (Phi) is 41.3. The molecule has 16 amide bonds. The number of nitrogens with two attached hydrogens (primary N) is 3. The molecule has 0 bridgehead atoms. The number of carbonyl (C=O) groups is 18. The van der Waals surface area contributed by atoms with Crippen molar-refractivity contribution in [2.45, 2.75) is 253 Å². The molecule has 0 aliphatic carbocycles. The largest absolute Gasteiger partial charge is 0.508 e. The molecule has 23 N–H and O–H groups in total. The molecule has 9 rings (SSSR count). The maximum Gasteiger partial charge on any atom is 0.303 e. The number of primary amides is 1. The van der Waals surface area contributed by atoms with Gasteiger partial charge in [-0.15, -0.1) is 11.8 Å². The monoisotopic (exact) mass is 1940 g/mol. The highest BCUT2D eigenvalue weighted by atomic mass is 32.2. The standard InChI is InChI=1S/C93H130N22O22S/c1-7-9-25-72-86(130)104-64(32-34-78(120)121)83(127)110-71(81(125)100-47-76(96)118)49-138-50-77(119)102-69(39-53-28-30-57(116)31-29-53)89(133)111(4)52(3)80(124)105-66(33-35-79(122)123)91(135)114-38-18-27-73(114)87(131)108-68(42-56-46-97-51-101-56)85(129)106-65(24-17-37-95)92(136)115-48-58(117)43-75(115)88(132)107-67(40-54-44-98-61-21-13-11-19-59(54)61)84(128)103-63(23-15-16-36-94)82(126)109-70(41-55-45-99-62-22-14-12-20-60(55)62)90(134)113(6)74(26-10-8-2)93(137)112(72)5/h11-14,19-22,28-31,44-46,51-52,58,63-75,98-99,116-117H,7-10,15-18,23-27,32-43,47-50,94-95H2,1-6H3,(H2,96,118)(H,97,101)(H,100,125)(H,102,119)(H,103,128)(H,104,130)(H,105,124)(H,106,129)(H,107,132)(H,108,131)(H,109,126)(H,110,127)(H,120,121)(H,122,123)/t52-,58+,63-,64-,65-,66-,67-,68-,69-,70-,71-,72-,73-,74-,75-/m0/s1. The lowest BCUT2D eigenvalue weighted by molar-refractivity contribution is -0.149. The Labute approximate surface area is 801 Å². The second kappa shape index (κ2) is 52.7. The molecule has 138 heavy (non-hydrogen) atoms. The minimum atomic E-state index is -1.79. The minimum Gasteiger partial charge on any atom is -0.508 e. The maximum atomic E-state index is 15.9. The quantitative estimate of drug-likeness (QED) is 0.0228. The number of nitrogens with zero attached hydrogens (tertiary/aromatic N) is 6. The summed E-state index contributed by atoms with van der Waals surface area (Å²) in [5.41, 5.74) is 20.5. The lowest BCUT2D eigenvalue weighted by atomic mass is 9.99. The highest BCUT2D eigenvalue weighted by Gasteiger charge is 2.47. The Morgan fingerprint density at radius 2 is 1.00 bits per heavy atom. The van der Waals surface area contributed by atoms with E-state index < -0.39 is 254 Å². The van der Waals surface area contributed by atoms with Gasteiger partial charge in [0.1, 0.15) is 90.3 Å². The predicted molar refractivity (Wildman–Crippen MR) is 505 cm³/mol.